The summed E-state index contributed by atoms with van der Waals surface area (Å²) < 4.78 is 28.5. The molecule has 1 amide bonds. The van der Waals surface area contributed by atoms with Crippen molar-refractivity contribution in [2.24, 2.45) is 0 Å². The summed E-state index contributed by atoms with van der Waals surface area (Å²) in [7, 11) is -3.87. The number of nitrogens with one attached hydrogen (secondary N) is 1. The van der Waals surface area contributed by atoms with Gasteiger partial charge in [-0.25, -0.2) is 0 Å². The van der Waals surface area contributed by atoms with Gasteiger partial charge in [0.05, 0.1) is 5.75 Å². The van der Waals surface area contributed by atoms with Gasteiger partial charge in [0.25, 0.3) is 10.1 Å². The first-order chi connectivity index (χ1) is 4.92. The average molecular weight is 223 g/mol. The first kappa shape index (κ1) is 15.1. The second-order valence-electron chi connectivity index (χ2n) is 2.12. The van der Waals surface area contributed by atoms with E-state index in [1.165, 1.54) is 6.92 Å². The summed E-state index contributed by atoms with van der Waals surface area (Å²) in [5, 5.41) is 2.40. The van der Waals surface area contributed by atoms with Crippen LogP contribution >= 0.6 is 0 Å². The van der Waals surface area contributed by atoms with Crippen LogP contribution in [0, 0.1) is 0 Å². The Morgan fingerprint density at radius 2 is 2.08 bits per heavy atom. The molecule has 0 aliphatic carbocycles. The molecule has 0 heterocycles. The minimum atomic E-state index is -3.87. The molecule has 0 aliphatic heterocycles. The third-order valence-electron chi connectivity index (χ3n) is 0.953. The molecule has 2 N–H and O–H groups in total. The van der Waals surface area contributed by atoms with E-state index in [2.05, 4.69) is 5.32 Å². The van der Waals surface area contributed by atoms with Gasteiger partial charge in [0.2, 0.25) is 5.91 Å². The van der Waals surface area contributed by atoms with Crippen molar-refractivity contribution in [2.75, 3.05) is 12.3 Å². The zero-order valence-corrected chi connectivity index (χ0v) is 9.93. The monoisotopic (exact) mass is 223 g/mol. The Morgan fingerprint density at radius 3 is 2.42 bits per heavy atom. The average Bonchev–Trinajstić information content (AvgIpc) is 1.78. The van der Waals surface area contributed by atoms with E-state index in [1.807, 2.05) is 0 Å². The van der Waals surface area contributed by atoms with Crippen LogP contribution < -0.4 is 5.32 Å². The summed E-state index contributed by atoms with van der Waals surface area (Å²) in [6.45, 7) is 1.61. The molecule has 0 rings (SSSR count). The molecule has 0 atom stereocenters. The maximum atomic E-state index is 10.2. The van der Waals surface area contributed by atoms with Crippen LogP contribution in [0.5, 0.6) is 0 Å². The smallest absolute Gasteiger partial charge is 1.00 e. The topological polar surface area (TPSA) is 83.5 Å². The first-order valence-electron chi connectivity index (χ1n) is 3.11. The molecule has 7 heteroatoms. The van der Waals surface area contributed by atoms with Crippen LogP contribution in [0.3, 0.4) is 0 Å². The molecule has 0 saturated heterocycles. The number of carbonyl (C=O) groups excluding carboxylic acids is 1. The van der Waals surface area contributed by atoms with Crippen LogP contribution in [0.4, 0.5) is 0 Å². The van der Waals surface area contributed by atoms with Gasteiger partial charge in [0.1, 0.15) is 0 Å². The molecule has 0 radical (unpaired) electrons. The summed E-state index contributed by atoms with van der Waals surface area (Å²) >= 11 is 0. The fourth-order valence-electron chi connectivity index (χ4n) is 0.519. The fourth-order valence-corrected chi connectivity index (χ4v) is 1.03. The number of rotatable bonds is 4. The molecule has 0 fully saturated rings. The molecule has 0 unspecified atom stereocenters. The van der Waals surface area contributed by atoms with Gasteiger partial charge >= 0.3 is 37.7 Å². The standard InChI is InChI=1S/C5H11NO4S.Ca.2H/c1-5(7)6-3-2-4-11(8,9)10;;;/h2-4H2,1H3,(H,6,7)(H,8,9,10);;;/q;+2;2*-1. The minimum Gasteiger partial charge on any atom is -1.00 e. The normalized spacial score (nSPS) is 10.2. The van der Waals surface area contributed by atoms with Crippen LogP contribution in [0.2, 0.25) is 0 Å². The second-order valence-corrected chi connectivity index (χ2v) is 3.69. The fraction of sp³-hybridized carbons (Fsp3) is 0.800. The third-order valence-corrected chi connectivity index (χ3v) is 1.76. The second kappa shape index (κ2) is 7.08. The summed E-state index contributed by atoms with van der Waals surface area (Å²) in [6, 6.07) is 0. The van der Waals surface area contributed by atoms with Crippen LogP contribution in [0.1, 0.15) is 16.2 Å². The van der Waals surface area contributed by atoms with Crippen molar-refractivity contribution in [3.8, 4) is 0 Å². The molecule has 0 aliphatic rings. The van der Waals surface area contributed by atoms with Crippen molar-refractivity contribution in [2.45, 2.75) is 13.3 Å². The Bertz CT molecular complexity index is 234. The van der Waals surface area contributed by atoms with E-state index in [0.29, 0.717) is 0 Å². The molecule has 0 aromatic rings. The minimum absolute atomic E-state index is 0. The zero-order valence-electron chi connectivity index (χ0n) is 8.91. The van der Waals surface area contributed by atoms with Gasteiger partial charge in [0.15, 0.2) is 0 Å². The van der Waals surface area contributed by atoms with Crippen LogP contribution in [-0.4, -0.2) is 68.9 Å². The van der Waals surface area contributed by atoms with Gasteiger partial charge in [-0.1, -0.05) is 0 Å². The third kappa shape index (κ3) is 13.2. The summed E-state index contributed by atoms with van der Waals surface area (Å²) in [5.74, 6) is -0.520. The van der Waals surface area contributed by atoms with E-state index >= 15 is 0 Å². The van der Waals surface area contributed by atoms with E-state index in [9.17, 15) is 13.2 Å². The zero-order chi connectivity index (χ0) is 8.91. The SMILES string of the molecule is CC(=O)NCCCS(=O)(=O)O.[Ca+2].[H-].[H-]. The van der Waals surface area contributed by atoms with Crippen molar-refractivity contribution in [3.63, 3.8) is 0 Å². The molecule has 0 saturated carbocycles. The Labute approximate surface area is 105 Å². The molecular formula is C5H13CaNO4S. The predicted octanol–water partition coefficient (Wildman–Crippen LogP) is -0.755. The van der Waals surface area contributed by atoms with Gasteiger partial charge in [-0.2, -0.15) is 8.42 Å². The van der Waals surface area contributed by atoms with Crippen LogP contribution in [0.15, 0.2) is 0 Å². The van der Waals surface area contributed by atoms with Crippen LogP contribution in [-0.2, 0) is 14.9 Å². The Kier molecular flexibility index (Phi) is 8.93. The van der Waals surface area contributed by atoms with E-state index in [0.717, 1.165) is 0 Å². The molecule has 5 nitrogen and oxygen atoms in total. The predicted molar refractivity (Wildman–Crippen MR) is 47.7 cm³/mol. The molecule has 0 spiro atoms. The van der Waals surface area contributed by atoms with Gasteiger partial charge in [-0.3, -0.25) is 9.35 Å². The van der Waals surface area contributed by atoms with Gasteiger partial charge in [-0.15, -0.1) is 0 Å². The van der Waals surface area contributed by atoms with Crippen molar-refractivity contribution < 1.29 is 20.6 Å². The van der Waals surface area contributed by atoms with E-state index in [-0.39, 0.29) is 65.2 Å². The molecule has 0 aromatic carbocycles. The Morgan fingerprint density at radius 1 is 1.58 bits per heavy atom. The molecular weight excluding hydrogens is 210 g/mol. The number of hydrogen-bond donors (Lipinski definition) is 2. The van der Waals surface area contributed by atoms with Crippen molar-refractivity contribution >= 4 is 53.8 Å². The maximum absolute atomic E-state index is 10.2. The molecule has 0 bridgehead atoms. The number of hydrogen-bond acceptors (Lipinski definition) is 3. The number of amides is 1. The van der Waals surface area contributed by atoms with Crippen molar-refractivity contribution in [1.29, 1.82) is 0 Å². The van der Waals surface area contributed by atoms with Gasteiger partial charge in [0, 0.05) is 13.5 Å². The van der Waals surface area contributed by atoms with Crippen LogP contribution in [0.25, 0.3) is 0 Å². The molecule has 12 heavy (non-hydrogen) atoms. The quantitative estimate of drug-likeness (QED) is 0.373. The van der Waals surface area contributed by atoms with E-state index < -0.39 is 10.1 Å². The summed E-state index contributed by atoms with van der Waals surface area (Å²) in [4.78, 5) is 10.2. The van der Waals surface area contributed by atoms with E-state index in [1.54, 1.807) is 0 Å². The maximum Gasteiger partial charge on any atom is 2.00 e. The Balaban J connectivity index is -0.000000167. The van der Waals surface area contributed by atoms with Gasteiger partial charge < -0.3 is 8.17 Å². The number of carbonyl (C=O) groups is 1. The Hall–Kier alpha value is 0.640. The summed E-state index contributed by atoms with van der Waals surface area (Å²) in [5.41, 5.74) is 0. The molecule has 0 aromatic heterocycles. The van der Waals surface area contributed by atoms with E-state index in [4.69, 9.17) is 4.55 Å². The van der Waals surface area contributed by atoms with Gasteiger partial charge in [-0.05, 0) is 6.42 Å². The van der Waals surface area contributed by atoms with Crippen molar-refractivity contribution in [3.05, 3.63) is 0 Å². The molecule has 70 valence electrons. The largest absolute Gasteiger partial charge is 2.00 e. The summed E-state index contributed by atoms with van der Waals surface area (Å²) in [6.07, 6.45) is 0.235. The first-order valence-corrected chi connectivity index (χ1v) is 4.72. The van der Waals surface area contributed by atoms with Crippen molar-refractivity contribution in [1.82, 2.24) is 5.32 Å².